The molecule has 0 bridgehead atoms. The molecule has 1 N–H and O–H groups in total. The third-order valence-electron chi connectivity index (χ3n) is 3.64. The quantitative estimate of drug-likeness (QED) is 0.875. The van der Waals surface area contributed by atoms with Gasteiger partial charge in [0.25, 0.3) is 5.91 Å². The fourth-order valence-corrected chi connectivity index (χ4v) is 2.70. The summed E-state index contributed by atoms with van der Waals surface area (Å²) in [5.41, 5.74) is 1.25. The van der Waals surface area contributed by atoms with Crippen LogP contribution in [0.2, 0.25) is 5.02 Å². The largest absolute Gasteiger partial charge is 0.497 e. The first-order valence-corrected chi connectivity index (χ1v) is 7.49. The number of carbonyl (C=O) groups excluding carboxylic acids is 2. The number of rotatable bonds is 4. The first-order valence-electron chi connectivity index (χ1n) is 7.11. The van der Waals surface area contributed by atoms with Gasteiger partial charge in [-0.3, -0.25) is 9.59 Å². The smallest absolute Gasteiger partial charge is 0.256 e. The standard InChI is InChI=1S/C17H15ClN2O3/c1-23-14-7-5-12(6-8-14)19-15-10-16(21)20(17(15)22)13-4-2-3-11(18)9-13/h2-9,15,19H,10H2,1H3/t15-/m0/s1. The molecule has 0 unspecified atom stereocenters. The Kier molecular flexibility index (Phi) is 4.21. The molecule has 1 aliphatic rings. The molecule has 1 aliphatic heterocycles. The third-order valence-corrected chi connectivity index (χ3v) is 3.88. The van der Waals surface area contributed by atoms with E-state index in [1.807, 2.05) is 0 Å². The highest BCUT2D eigenvalue weighted by molar-refractivity contribution is 6.31. The molecule has 1 atom stereocenters. The Morgan fingerprint density at radius 3 is 2.57 bits per heavy atom. The van der Waals surface area contributed by atoms with Gasteiger partial charge in [0.05, 0.1) is 19.2 Å². The van der Waals surface area contributed by atoms with Gasteiger partial charge in [-0.05, 0) is 42.5 Å². The van der Waals surface area contributed by atoms with E-state index in [0.29, 0.717) is 10.7 Å². The van der Waals surface area contributed by atoms with E-state index in [-0.39, 0.29) is 18.2 Å². The number of ether oxygens (including phenoxy) is 1. The number of methoxy groups -OCH3 is 1. The lowest BCUT2D eigenvalue weighted by Gasteiger charge is -2.16. The molecule has 0 radical (unpaired) electrons. The molecule has 2 amide bonds. The molecule has 2 aromatic rings. The van der Waals surface area contributed by atoms with Crippen molar-refractivity contribution in [3.8, 4) is 5.75 Å². The molecule has 118 valence electrons. The summed E-state index contributed by atoms with van der Waals surface area (Å²) in [5.74, 6) is 0.196. The van der Waals surface area contributed by atoms with Gasteiger partial charge in [-0.25, -0.2) is 4.90 Å². The monoisotopic (exact) mass is 330 g/mol. The zero-order valence-electron chi connectivity index (χ0n) is 12.5. The van der Waals surface area contributed by atoms with Crippen LogP contribution in [0.1, 0.15) is 6.42 Å². The summed E-state index contributed by atoms with van der Waals surface area (Å²) in [6.45, 7) is 0. The van der Waals surface area contributed by atoms with E-state index in [1.54, 1.807) is 55.6 Å². The molecular weight excluding hydrogens is 316 g/mol. The van der Waals surface area contributed by atoms with Crippen molar-refractivity contribution in [2.45, 2.75) is 12.5 Å². The van der Waals surface area contributed by atoms with Gasteiger partial charge in [0.15, 0.2) is 0 Å². The second kappa shape index (κ2) is 6.30. The Morgan fingerprint density at radius 2 is 1.91 bits per heavy atom. The lowest BCUT2D eigenvalue weighted by molar-refractivity contribution is -0.121. The van der Waals surface area contributed by atoms with E-state index in [1.165, 1.54) is 4.90 Å². The second-order valence-corrected chi connectivity index (χ2v) is 5.61. The highest BCUT2D eigenvalue weighted by atomic mass is 35.5. The fourth-order valence-electron chi connectivity index (χ4n) is 2.52. The summed E-state index contributed by atoms with van der Waals surface area (Å²) >= 11 is 5.94. The maximum absolute atomic E-state index is 12.5. The number of imide groups is 1. The number of anilines is 2. The van der Waals surface area contributed by atoms with Crippen LogP contribution in [-0.4, -0.2) is 25.0 Å². The molecule has 0 spiro atoms. The summed E-state index contributed by atoms with van der Waals surface area (Å²) in [6, 6.07) is 13.3. The van der Waals surface area contributed by atoms with Crippen LogP contribution in [0.3, 0.4) is 0 Å². The zero-order chi connectivity index (χ0) is 16.4. The minimum atomic E-state index is -0.588. The zero-order valence-corrected chi connectivity index (χ0v) is 13.2. The number of hydrogen-bond acceptors (Lipinski definition) is 4. The second-order valence-electron chi connectivity index (χ2n) is 5.18. The van der Waals surface area contributed by atoms with Gasteiger partial charge in [-0.15, -0.1) is 0 Å². The van der Waals surface area contributed by atoms with Crippen molar-refractivity contribution in [3.05, 3.63) is 53.6 Å². The fraction of sp³-hybridized carbons (Fsp3) is 0.176. The van der Waals surface area contributed by atoms with E-state index in [0.717, 1.165) is 11.4 Å². The number of carbonyl (C=O) groups is 2. The van der Waals surface area contributed by atoms with E-state index in [2.05, 4.69) is 5.32 Å². The predicted molar refractivity (Wildman–Crippen MR) is 89.0 cm³/mol. The number of hydrogen-bond donors (Lipinski definition) is 1. The van der Waals surface area contributed by atoms with Crippen LogP contribution < -0.4 is 15.0 Å². The Hall–Kier alpha value is -2.53. The van der Waals surface area contributed by atoms with Gasteiger partial charge in [0, 0.05) is 10.7 Å². The van der Waals surface area contributed by atoms with Crippen molar-refractivity contribution in [3.63, 3.8) is 0 Å². The normalized spacial score (nSPS) is 17.5. The average Bonchev–Trinajstić information content (AvgIpc) is 2.82. The Morgan fingerprint density at radius 1 is 1.17 bits per heavy atom. The SMILES string of the molecule is COc1ccc(N[C@H]2CC(=O)N(c3cccc(Cl)c3)C2=O)cc1. The van der Waals surface area contributed by atoms with Crippen LogP contribution in [0, 0.1) is 0 Å². The Balaban J connectivity index is 1.78. The van der Waals surface area contributed by atoms with Gasteiger partial charge in [-0.2, -0.15) is 0 Å². The third kappa shape index (κ3) is 3.14. The van der Waals surface area contributed by atoms with Crippen LogP contribution in [0.5, 0.6) is 5.75 Å². The molecule has 23 heavy (non-hydrogen) atoms. The lowest BCUT2D eigenvalue weighted by Crippen LogP contribution is -2.34. The maximum Gasteiger partial charge on any atom is 0.256 e. The van der Waals surface area contributed by atoms with Crippen molar-refractivity contribution in [1.29, 1.82) is 0 Å². The molecular formula is C17H15ClN2O3. The van der Waals surface area contributed by atoms with E-state index >= 15 is 0 Å². The van der Waals surface area contributed by atoms with Crippen LogP contribution in [0.15, 0.2) is 48.5 Å². The molecule has 5 nitrogen and oxygen atoms in total. The van der Waals surface area contributed by atoms with Gasteiger partial charge in [-0.1, -0.05) is 17.7 Å². The minimum Gasteiger partial charge on any atom is -0.497 e. The van der Waals surface area contributed by atoms with Crippen molar-refractivity contribution < 1.29 is 14.3 Å². The topological polar surface area (TPSA) is 58.6 Å². The van der Waals surface area contributed by atoms with E-state index < -0.39 is 6.04 Å². The average molecular weight is 331 g/mol. The molecule has 0 aromatic heterocycles. The Labute approximate surface area is 138 Å². The van der Waals surface area contributed by atoms with Crippen molar-refractivity contribution in [1.82, 2.24) is 0 Å². The molecule has 1 fully saturated rings. The number of amides is 2. The first kappa shape index (κ1) is 15.4. The van der Waals surface area contributed by atoms with Crippen LogP contribution in [0.4, 0.5) is 11.4 Å². The molecule has 6 heteroatoms. The summed E-state index contributed by atoms with van der Waals surface area (Å²) in [7, 11) is 1.59. The molecule has 0 aliphatic carbocycles. The maximum atomic E-state index is 12.5. The summed E-state index contributed by atoms with van der Waals surface area (Å²) in [5, 5.41) is 3.57. The molecule has 3 rings (SSSR count). The summed E-state index contributed by atoms with van der Waals surface area (Å²) in [6.07, 6.45) is 0.109. The summed E-state index contributed by atoms with van der Waals surface area (Å²) in [4.78, 5) is 25.9. The number of nitrogens with one attached hydrogen (secondary N) is 1. The highest BCUT2D eigenvalue weighted by Crippen LogP contribution is 2.27. The van der Waals surface area contributed by atoms with Crippen LogP contribution in [-0.2, 0) is 9.59 Å². The van der Waals surface area contributed by atoms with Crippen molar-refractivity contribution in [2.24, 2.45) is 0 Å². The van der Waals surface area contributed by atoms with Gasteiger partial charge in [0.1, 0.15) is 11.8 Å². The van der Waals surface area contributed by atoms with E-state index in [4.69, 9.17) is 16.3 Å². The Bertz CT molecular complexity index is 746. The number of nitrogens with zero attached hydrogens (tertiary/aromatic N) is 1. The summed E-state index contributed by atoms with van der Waals surface area (Å²) < 4.78 is 5.09. The first-order chi connectivity index (χ1) is 11.1. The van der Waals surface area contributed by atoms with Gasteiger partial charge < -0.3 is 10.1 Å². The molecule has 2 aromatic carbocycles. The van der Waals surface area contributed by atoms with Gasteiger partial charge in [0.2, 0.25) is 5.91 Å². The van der Waals surface area contributed by atoms with Crippen LogP contribution in [0.25, 0.3) is 0 Å². The predicted octanol–water partition coefficient (Wildman–Crippen LogP) is 3.09. The highest BCUT2D eigenvalue weighted by Gasteiger charge is 2.39. The molecule has 0 saturated carbocycles. The van der Waals surface area contributed by atoms with Crippen molar-refractivity contribution >= 4 is 34.8 Å². The van der Waals surface area contributed by atoms with E-state index in [9.17, 15) is 9.59 Å². The lowest BCUT2D eigenvalue weighted by atomic mass is 10.2. The minimum absolute atomic E-state index is 0.109. The van der Waals surface area contributed by atoms with Crippen molar-refractivity contribution in [2.75, 3.05) is 17.3 Å². The number of halogens is 1. The van der Waals surface area contributed by atoms with Crippen LogP contribution >= 0.6 is 11.6 Å². The molecule has 1 saturated heterocycles. The molecule has 1 heterocycles. The van der Waals surface area contributed by atoms with Gasteiger partial charge >= 0.3 is 0 Å². The number of benzene rings is 2.